The topological polar surface area (TPSA) is 69.5 Å². The number of ether oxygens (including phenoxy) is 2. The molecule has 0 radical (unpaired) electrons. The van der Waals surface area contributed by atoms with Crippen molar-refractivity contribution in [3.63, 3.8) is 0 Å². The van der Waals surface area contributed by atoms with Crippen LogP contribution < -0.4 is 14.4 Å². The molecule has 2 atom stereocenters. The van der Waals surface area contributed by atoms with Gasteiger partial charge in [0.05, 0.1) is 26.3 Å². The minimum atomic E-state index is -0.177. The molecule has 1 amide bonds. The van der Waals surface area contributed by atoms with Gasteiger partial charge in [0.2, 0.25) is 11.9 Å². The Bertz CT molecular complexity index is 1040. The van der Waals surface area contributed by atoms with E-state index in [-0.39, 0.29) is 23.9 Å². The van der Waals surface area contributed by atoms with Crippen molar-refractivity contribution in [1.82, 2.24) is 14.8 Å². The number of hydrogen-bond donors (Lipinski definition) is 0. The van der Waals surface area contributed by atoms with Gasteiger partial charge in [0.15, 0.2) is 0 Å². The lowest BCUT2D eigenvalue weighted by molar-refractivity contribution is -0.120. The fourth-order valence-corrected chi connectivity index (χ4v) is 4.24. The van der Waals surface area contributed by atoms with Crippen molar-refractivity contribution in [2.24, 2.45) is 5.92 Å². The maximum atomic E-state index is 13.3. The van der Waals surface area contributed by atoms with E-state index in [0.717, 1.165) is 22.6 Å². The van der Waals surface area contributed by atoms with E-state index in [1.54, 1.807) is 19.1 Å². The van der Waals surface area contributed by atoms with Crippen LogP contribution in [-0.4, -0.2) is 34.9 Å². The number of amides is 1. The van der Waals surface area contributed by atoms with Crippen LogP contribution in [0.5, 0.6) is 11.5 Å². The van der Waals surface area contributed by atoms with Crippen molar-refractivity contribution < 1.29 is 14.3 Å². The number of anilines is 1. The van der Waals surface area contributed by atoms with E-state index in [2.05, 4.69) is 10.1 Å². The standard InChI is InChI=1S/C24H28N4O3/c1-16(2)13-23(29)27-20(17-9-11-18(30-3)12-10-17)14-21(28-24(27)25-15-26-28)19-7-5-6-8-22(19)31-4/h5-12,15-16,20-21H,13-14H2,1-4H3. The first kappa shape index (κ1) is 20.9. The number of methoxy groups -OCH3 is 2. The lowest BCUT2D eigenvalue weighted by Crippen LogP contribution is -2.43. The average Bonchev–Trinajstić information content (AvgIpc) is 3.27. The molecule has 31 heavy (non-hydrogen) atoms. The molecule has 1 aliphatic rings. The van der Waals surface area contributed by atoms with E-state index < -0.39 is 0 Å². The molecule has 1 aliphatic heterocycles. The van der Waals surface area contributed by atoms with Crippen molar-refractivity contribution in [3.05, 3.63) is 66.0 Å². The number of carbonyl (C=O) groups excluding carboxylic acids is 1. The number of nitrogens with zero attached hydrogens (tertiary/aromatic N) is 4. The number of aromatic nitrogens is 3. The second-order valence-corrected chi connectivity index (χ2v) is 8.15. The fourth-order valence-electron chi connectivity index (χ4n) is 4.24. The summed E-state index contributed by atoms with van der Waals surface area (Å²) in [5.74, 6) is 2.43. The molecule has 0 fully saturated rings. The number of hydrogen-bond acceptors (Lipinski definition) is 5. The van der Waals surface area contributed by atoms with Crippen LogP contribution in [-0.2, 0) is 4.79 Å². The molecule has 0 N–H and O–H groups in total. The van der Waals surface area contributed by atoms with E-state index in [4.69, 9.17) is 9.47 Å². The Morgan fingerprint density at radius 3 is 2.48 bits per heavy atom. The minimum Gasteiger partial charge on any atom is -0.497 e. The second kappa shape index (κ2) is 8.79. The quantitative estimate of drug-likeness (QED) is 0.591. The lowest BCUT2D eigenvalue weighted by atomic mass is 9.91. The predicted octanol–water partition coefficient (Wildman–Crippen LogP) is 4.41. The normalized spacial score (nSPS) is 18.0. The zero-order valence-electron chi connectivity index (χ0n) is 18.4. The van der Waals surface area contributed by atoms with E-state index in [0.29, 0.717) is 18.8 Å². The third-order valence-electron chi connectivity index (χ3n) is 5.67. The van der Waals surface area contributed by atoms with Crippen LogP contribution >= 0.6 is 0 Å². The zero-order valence-corrected chi connectivity index (χ0v) is 18.4. The van der Waals surface area contributed by atoms with Gasteiger partial charge < -0.3 is 9.47 Å². The van der Waals surface area contributed by atoms with E-state index in [1.807, 2.05) is 67.1 Å². The van der Waals surface area contributed by atoms with Crippen molar-refractivity contribution in [3.8, 4) is 11.5 Å². The molecule has 2 unspecified atom stereocenters. The third kappa shape index (κ3) is 4.00. The molecule has 1 aromatic heterocycles. The molecule has 162 valence electrons. The van der Waals surface area contributed by atoms with Crippen molar-refractivity contribution in [1.29, 1.82) is 0 Å². The molecule has 0 saturated heterocycles. The predicted molar refractivity (Wildman–Crippen MR) is 118 cm³/mol. The molecule has 0 aliphatic carbocycles. The highest BCUT2D eigenvalue weighted by Crippen LogP contribution is 2.44. The lowest BCUT2D eigenvalue weighted by Gasteiger charge is -2.39. The van der Waals surface area contributed by atoms with Crippen molar-refractivity contribution >= 4 is 11.9 Å². The van der Waals surface area contributed by atoms with Crippen LogP contribution in [0.4, 0.5) is 5.95 Å². The zero-order chi connectivity index (χ0) is 22.0. The van der Waals surface area contributed by atoms with E-state index in [9.17, 15) is 4.79 Å². The molecule has 3 aromatic rings. The Labute approximate surface area is 182 Å². The maximum absolute atomic E-state index is 13.3. The van der Waals surface area contributed by atoms with Gasteiger partial charge in [-0.05, 0) is 36.1 Å². The number of rotatable bonds is 6. The summed E-state index contributed by atoms with van der Waals surface area (Å²) in [6.07, 6.45) is 2.62. The summed E-state index contributed by atoms with van der Waals surface area (Å²) in [7, 11) is 3.32. The van der Waals surface area contributed by atoms with Crippen LogP contribution in [0.1, 0.15) is 49.9 Å². The van der Waals surface area contributed by atoms with Gasteiger partial charge in [-0.25, -0.2) is 4.68 Å². The Morgan fingerprint density at radius 1 is 1.06 bits per heavy atom. The molecule has 0 bridgehead atoms. The molecule has 0 spiro atoms. The van der Waals surface area contributed by atoms with E-state index in [1.165, 1.54) is 6.33 Å². The molecule has 4 rings (SSSR count). The third-order valence-corrected chi connectivity index (χ3v) is 5.67. The first-order chi connectivity index (χ1) is 15.0. The molecular formula is C24H28N4O3. The minimum absolute atomic E-state index is 0.0449. The maximum Gasteiger partial charge on any atom is 0.231 e. The van der Waals surface area contributed by atoms with Gasteiger partial charge in [0, 0.05) is 12.0 Å². The highest BCUT2D eigenvalue weighted by atomic mass is 16.5. The largest absolute Gasteiger partial charge is 0.497 e. The van der Waals surface area contributed by atoms with Gasteiger partial charge in [-0.15, -0.1) is 0 Å². The first-order valence-corrected chi connectivity index (χ1v) is 10.5. The second-order valence-electron chi connectivity index (χ2n) is 8.15. The van der Waals surface area contributed by atoms with Crippen molar-refractivity contribution in [2.45, 2.75) is 38.8 Å². The van der Waals surface area contributed by atoms with E-state index >= 15 is 0 Å². The Morgan fingerprint density at radius 2 is 1.81 bits per heavy atom. The van der Waals surface area contributed by atoms with Gasteiger partial charge in [0.1, 0.15) is 17.8 Å². The Hall–Kier alpha value is -3.35. The summed E-state index contributed by atoms with van der Waals surface area (Å²) in [4.78, 5) is 19.6. The molecular weight excluding hydrogens is 392 g/mol. The summed E-state index contributed by atoms with van der Waals surface area (Å²) in [5.41, 5.74) is 2.05. The first-order valence-electron chi connectivity index (χ1n) is 10.5. The van der Waals surface area contributed by atoms with Crippen LogP contribution in [0.3, 0.4) is 0 Å². The summed E-state index contributed by atoms with van der Waals surface area (Å²) in [5, 5.41) is 4.49. The van der Waals surface area contributed by atoms with Gasteiger partial charge in [-0.3, -0.25) is 9.69 Å². The Kier molecular flexibility index (Phi) is 5.93. The molecule has 2 heterocycles. The molecule has 2 aromatic carbocycles. The highest BCUT2D eigenvalue weighted by Gasteiger charge is 2.40. The van der Waals surface area contributed by atoms with Crippen LogP contribution in [0.15, 0.2) is 54.9 Å². The highest BCUT2D eigenvalue weighted by molar-refractivity contribution is 5.93. The monoisotopic (exact) mass is 420 g/mol. The van der Waals surface area contributed by atoms with Crippen LogP contribution in [0, 0.1) is 5.92 Å². The number of benzene rings is 2. The van der Waals surface area contributed by atoms with Gasteiger partial charge in [-0.1, -0.05) is 44.2 Å². The van der Waals surface area contributed by atoms with Gasteiger partial charge in [0.25, 0.3) is 0 Å². The Balaban J connectivity index is 1.83. The van der Waals surface area contributed by atoms with Gasteiger partial charge in [-0.2, -0.15) is 10.1 Å². The summed E-state index contributed by atoms with van der Waals surface area (Å²) in [6, 6.07) is 15.5. The number of para-hydroxylation sites is 1. The molecule has 7 nitrogen and oxygen atoms in total. The fraction of sp³-hybridized carbons (Fsp3) is 0.375. The van der Waals surface area contributed by atoms with Crippen LogP contribution in [0.25, 0.3) is 0 Å². The number of carbonyl (C=O) groups is 1. The SMILES string of the molecule is COc1ccc(C2CC(c3ccccc3OC)n3ncnc3N2C(=O)CC(C)C)cc1. The van der Waals surface area contributed by atoms with Gasteiger partial charge >= 0.3 is 0 Å². The molecule has 0 saturated carbocycles. The average molecular weight is 421 g/mol. The smallest absolute Gasteiger partial charge is 0.231 e. The summed E-state index contributed by atoms with van der Waals surface area (Å²) < 4.78 is 12.8. The molecule has 7 heteroatoms. The number of fused-ring (bicyclic) bond motifs is 1. The van der Waals surface area contributed by atoms with Crippen molar-refractivity contribution in [2.75, 3.05) is 19.1 Å². The van der Waals surface area contributed by atoms with Crippen LogP contribution in [0.2, 0.25) is 0 Å². The summed E-state index contributed by atoms with van der Waals surface area (Å²) in [6.45, 7) is 4.10. The summed E-state index contributed by atoms with van der Waals surface area (Å²) >= 11 is 0.